The van der Waals surface area contributed by atoms with Crippen molar-refractivity contribution in [3.05, 3.63) is 29.8 Å². The van der Waals surface area contributed by atoms with Gasteiger partial charge in [0.15, 0.2) is 0 Å². The molecule has 0 heterocycles. The molecule has 0 aromatic heterocycles. The van der Waals surface area contributed by atoms with Crippen LogP contribution >= 0.6 is 0 Å². The highest BCUT2D eigenvalue weighted by atomic mass is 16.5. The van der Waals surface area contributed by atoms with Gasteiger partial charge in [0, 0.05) is 6.42 Å². The first-order valence-electron chi connectivity index (χ1n) is 7.39. The lowest BCUT2D eigenvalue weighted by atomic mass is 9.90. The van der Waals surface area contributed by atoms with Gasteiger partial charge in [0.25, 0.3) is 0 Å². The predicted molar refractivity (Wildman–Crippen MR) is 80.1 cm³/mol. The van der Waals surface area contributed by atoms with E-state index in [0.717, 1.165) is 17.9 Å². The zero-order chi connectivity index (χ0) is 14.4. The molecular formula is C16H24N2O2. The minimum Gasteiger partial charge on any atom is -0.493 e. The fraction of sp³-hybridized carbons (Fsp3) is 0.562. The van der Waals surface area contributed by atoms with Crippen LogP contribution in [-0.4, -0.2) is 23.7 Å². The van der Waals surface area contributed by atoms with Gasteiger partial charge < -0.3 is 15.6 Å². The summed E-state index contributed by atoms with van der Waals surface area (Å²) < 4.78 is 5.86. The molecule has 0 aliphatic heterocycles. The summed E-state index contributed by atoms with van der Waals surface area (Å²) in [6.45, 7) is 0.777. The van der Waals surface area contributed by atoms with E-state index in [1.807, 2.05) is 24.3 Å². The number of hydrogen-bond donors (Lipinski definition) is 3. The molecule has 1 saturated carbocycles. The molecule has 1 aromatic carbocycles. The Morgan fingerprint density at radius 2 is 2.10 bits per heavy atom. The molecule has 0 spiro atoms. The molecule has 0 amide bonds. The topological polar surface area (TPSA) is 79.3 Å². The lowest BCUT2D eigenvalue weighted by molar-refractivity contribution is 0.208. The highest BCUT2D eigenvalue weighted by Crippen LogP contribution is 2.25. The molecule has 0 radical (unpaired) electrons. The Morgan fingerprint density at radius 3 is 2.80 bits per heavy atom. The van der Waals surface area contributed by atoms with Gasteiger partial charge in [0.2, 0.25) is 0 Å². The van der Waals surface area contributed by atoms with Crippen LogP contribution in [0.25, 0.3) is 0 Å². The molecule has 0 unspecified atom stereocenters. The Balaban J connectivity index is 1.87. The van der Waals surface area contributed by atoms with Crippen molar-refractivity contribution in [1.82, 2.24) is 0 Å². The maximum atomic E-state index is 9.61. The van der Waals surface area contributed by atoms with E-state index in [2.05, 4.69) is 0 Å². The Morgan fingerprint density at radius 1 is 1.35 bits per heavy atom. The van der Waals surface area contributed by atoms with Crippen molar-refractivity contribution in [1.29, 1.82) is 5.41 Å². The molecule has 20 heavy (non-hydrogen) atoms. The molecule has 2 rings (SSSR count). The molecule has 1 aliphatic carbocycles. The van der Waals surface area contributed by atoms with Crippen molar-refractivity contribution in [2.24, 2.45) is 11.7 Å². The fourth-order valence-corrected chi connectivity index (χ4v) is 2.66. The maximum Gasteiger partial charge on any atom is 0.120 e. The second kappa shape index (κ2) is 7.29. The third-order valence-corrected chi connectivity index (χ3v) is 3.90. The highest BCUT2D eigenvalue weighted by Gasteiger charge is 2.14. The van der Waals surface area contributed by atoms with Crippen LogP contribution in [0.15, 0.2) is 24.3 Å². The van der Waals surface area contributed by atoms with Crippen molar-refractivity contribution in [2.75, 3.05) is 6.61 Å². The van der Waals surface area contributed by atoms with E-state index in [1.54, 1.807) is 0 Å². The van der Waals surface area contributed by atoms with Crippen LogP contribution in [0.3, 0.4) is 0 Å². The van der Waals surface area contributed by atoms with E-state index in [4.69, 9.17) is 15.9 Å². The molecule has 4 nitrogen and oxygen atoms in total. The normalized spacial score (nSPS) is 17.6. The van der Waals surface area contributed by atoms with Crippen molar-refractivity contribution in [2.45, 2.75) is 44.6 Å². The number of hydrogen-bond acceptors (Lipinski definition) is 3. The molecule has 4 N–H and O–H groups in total. The maximum absolute atomic E-state index is 9.61. The van der Waals surface area contributed by atoms with Gasteiger partial charge in [0.1, 0.15) is 17.7 Å². The van der Waals surface area contributed by atoms with Gasteiger partial charge in [-0.3, -0.25) is 5.41 Å². The summed E-state index contributed by atoms with van der Waals surface area (Å²) in [5, 5.41) is 16.8. The summed E-state index contributed by atoms with van der Waals surface area (Å²) in [6.07, 6.45) is 5.97. The van der Waals surface area contributed by atoms with E-state index in [-0.39, 0.29) is 5.84 Å². The number of aliphatic hydroxyl groups excluding tert-OH is 1. The fourth-order valence-electron chi connectivity index (χ4n) is 2.66. The summed E-state index contributed by atoms with van der Waals surface area (Å²) in [7, 11) is 0. The number of amidine groups is 1. The van der Waals surface area contributed by atoms with Crippen molar-refractivity contribution in [3.8, 4) is 5.75 Å². The summed E-state index contributed by atoms with van der Waals surface area (Å²) >= 11 is 0. The molecule has 1 atom stereocenters. The van der Waals surface area contributed by atoms with Gasteiger partial charge in [-0.2, -0.15) is 0 Å². The van der Waals surface area contributed by atoms with E-state index in [0.29, 0.717) is 12.3 Å². The second-order valence-electron chi connectivity index (χ2n) is 5.64. The van der Waals surface area contributed by atoms with Gasteiger partial charge in [-0.25, -0.2) is 0 Å². The number of nitrogens with one attached hydrogen (secondary N) is 1. The zero-order valence-corrected chi connectivity index (χ0v) is 11.8. The average molecular weight is 276 g/mol. The largest absolute Gasteiger partial charge is 0.493 e. The SMILES string of the molecule is N=C(N)[C@@H](O)Cc1cccc(OCC2CCCCC2)c1. The highest BCUT2D eigenvalue weighted by molar-refractivity contribution is 5.81. The predicted octanol–water partition coefficient (Wildman–Crippen LogP) is 2.49. The number of benzene rings is 1. The van der Waals surface area contributed by atoms with Gasteiger partial charge in [-0.15, -0.1) is 0 Å². The number of ether oxygens (including phenoxy) is 1. The van der Waals surface area contributed by atoms with E-state index in [9.17, 15) is 5.11 Å². The summed E-state index contributed by atoms with van der Waals surface area (Å²) in [4.78, 5) is 0. The van der Waals surface area contributed by atoms with E-state index < -0.39 is 6.10 Å². The smallest absolute Gasteiger partial charge is 0.120 e. The van der Waals surface area contributed by atoms with E-state index in [1.165, 1.54) is 32.1 Å². The first kappa shape index (κ1) is 14.9. The standard InChI is InChI=1S/C16H24N2O2/c17-16(18)15(19)10-13-7-4-8-14(9-13)20-11-12-5-2-1-3-6-12/h4,7-9,12,15,19H,1-3,5-6,10-11H2,(H3,17,18)/t15-/m0/s1. The zero-order valence-electron chi connectivity index (χ0n) is 11.8. The monoisotopic (exact) mass is 276 g/mol. The Hall–Kier alpha value is -1.55. The summed E-state index contributed by atoms with van der Waals surface area (Å²) in [5.74, 6) is 1.32. The van der Waals surface area contributed by atoms with Crippen LogP contribution < -0.4 is 10.5 Å². The van der Waals surface area contributed by atoms with Gasteiger partial charge in [-0.05, 0) is 36.5 Å². The van der Waals surface area contributed by atoms with Gasteiger partial charge in [0.05, 0.1) is 6.61 Å². The minimum absolute atomic E-state index is 0.196. The van der Waals surface area contributed by atoms with Crippen LogP contribution in [0.2, 0.25) is 0 Å². The Labute approximate surface area is 120 Å². The summed E-state index contributed by atoms with van der Waals surface area (Å²) in [5.41, 5.74) is 6.22. The van der Waals surface area contributed by atoms with Crippen molar-refractivity contribution < 1.29 is 9.84 Å². The number of rotatable bonds is 6. The molecule has 0 saturated heterocycles. The van der Waals surface area contributed by atoms with Crippen LogP contribution in [0.1, 0.15) is 37.7 Å². The van der Waals surface area contributed by atoms with Gasteiger partial charge >= 0.3 is 0 Å². The molecule has 4 heteroatoms. The molecule has 1 fully saturated rings. The lowest BCUT2D eigenvalue weighted by Crippen LogP contribution is -2.29. The van der Waals surface area contributed by atoms with Gasteiger partial charge in [-0.1, -0.05) is 31.4 Å². The first-order chi connectivity index (χ1) is 9.65. The lowest BCUT2D eigenvalue weighted by Gasteiger charge is -2.21. The van der Waals surface area contributed by atoms with Crippen LogP contribution in [0.4, 0.5) is 0 Å². The molecular weight excluding hydrogens is 252 g/mol. The molecule has 110 valence electrons. The Bertz CT molecular complexity index is 442. The second-order valence-corrected chi connectivity index (χ2v) is 5.64. The van der Waals surface area contributed by atoms with Crippen LogP contribution in [0, 0.1) is 11.3 Å². The van der Waals surface area contributed by atoms with Crippen LogP contribution in [0.5, 0.6) is 5.75 Å². The quantitative estimate of drug-likeness (QED) is 0.551. The number of nitrogens with two attached hydrogens (primary N) is 1. The minimum atomic E-state index is -0.913. The van der Waals surface area contributed by atoms with Crippen molar-refractivity contribution >= 4 is 5.84 Å². The van der Waals surface area contributed by atoms with Crippen LogP contribution in [-0.2, 0) is 6.42 Å². The number of aliphatic hydroxyl groups is 1. The molecule has 1 aromatic rings. The Kier molecular flexibility index (Phi) is 5.41. The first-order valence-corrected chi connectivity index (χ1v) is 7.39. The molecule has 1 aliphatic rings. The third kappa shape index (κ3) is 4.53. The average Bonchev–Trinajstić information content (AvgIpc) is 2.46. The summed E-state index contributed by atoms with van der Waals surface area (Å²) in [6, 6.07) is 7.69. The van der Waals surface area contributed by atoms with Crippen molar-refractivity contribution in [3.63, 3.8) is 0 Å². The third-order valence-electron chi connectivity index (χ3n) is 3.90. The van der Waals surface area contributed by atoms with E-state index >= 15 is 0 Å². The molecule has 0 bridgehead atoms.